The van der Waals surface area contributed by atoms with E-state index in [1.54, 1.807) is 32.2 Å². The number of esters is 1. The van der Waals surface area contributed by atoms with Gasteiger partial charge in [0, 0.05) is 24.3 Å². The summed E-state index contributed by atoms with van der Waals surface area (Å²) < 4.78 is 5.39. The second kappa shape index (κ2) is 7.48. The number of aromatic nitrogens is 2. The van der Waals surface area contributed by atoms with Gasteiger partial charge in [-0.2, -0.15) is 9.99 Å². The third-order valence-electron chi connectivity index (χ3n) is 3.00. The summed E-state index contributed by atoms with van der Waals surface area (Å²) in [4.78, 5) is 15.8. The lowest BCUT2D eigenvalue weighted by Gasteiger charge is -2.17. The van der Waals surface area contributed by atoms with Gasteiger partial charge in [-0.1, -0.05) is 11.6 Å². The van der Waals surface area contributed by atoms with Crippen LogP contribution in [0.25, 0.3) is 11.0 Å². The molecule has 0 bridgehead atoms. The number of rotatable bonds is 5. The standard InChI is InChI=1S/C15H14ClN5O3/c1-3-24-15(22)10(7-17)8-18-20(2)14-9-21(23)13-6-11(16)4-5-12(13)19-14/h4-6,8-9,18H,3H2,1-2H3/b10-8-. The molecule has 0 atom stereocenters. The third kappa shape index (κ3) is 3.83. The number of carbonyl (C=O) groups excluding carboxylic acids is 1. The van der Waals surface area contributed by atoms with Crippen molar-refractivity contribution < 1.29 is 14.3 Å². The van der Waals surface area contributed by atoms with Crippen molar-refractivity contribution in [2.24, 2.45) is 0 Å². The van der Waals surface area contributed by atoms with Gasteiger partial charge in [-0.05, 0) is 19.1 Å². The van der Waals surface area contributed by atoms with Gasteiger partial charge < -0.3 is 15.4 Å². The first-order valence-electron chi connectivity index (χ1n) is 6.93. The quantitative estimate of drug-likeness (QED) is 0.218. The van der Waals surface area contributed by atoms with E-state index in [1.165, 1.54) is 23.5 Å². The summed E-state index contributed by atoms with van der Waals surface area (Å²) in [5, 5.41) is 22.8. The number of carbonyl (C=O) groups is 1. The number of hydrogen-bond donors (Lipinski definition) is 1. The molecule has 0 aliphatic carbocycles. The van der Waals surface area contributed by atoms with Gasteiger partial charge in [0.2, 0.25) is 17.5 Å². The van der Waals surface area contributed by atoms with Crippen molar-refractivity contribution in [3.63, 3.8) is 0 Å². The Morgan fingerprint density at radius 3 is 3.04 bits per heavy atom. The van der Waals surface area contributed by atoms with Gasteiger partial charge in [0.05, 0.1) is 6.61 Å². The lowest BCUT2D eigenvalue weighted by atomic mass is 10.3. The SMILES string of the molecule is CCOC(=O)/C(C#N)=C\NN(C)c1c[n+]([O-])c2cc(Cl)ccc2n1. The molecule has 0 saturated heterocycles. The smallest absolute Gasteiger partial charge is 0.350 e. The summed E-state index contributed by atoms with van der Waals surface area (Å²) in [5.41, 5.74) is 3.28. The highest BCUT2D eigenvalue weighted by Crippen LogP contribution is 2.17. The van der Waals surface area contributed by atoms with Crippen molar-refractivity contribution in [3.05, 3.63) is 46.4 Å². The van der Waals surface area contributed by atoms with Crippen LogP contribution in [-0.4, -0.2) is 24.6 Å². The lowest BCUT2D eigenvalue weighted by molar-refractivity contribution is -0.576. The Bertz CT molecular complexity index is 847. The predicted octanol–water partition coefficient (Wildman–Crippen LogP) is 1.43. The first-order valence-corrected chi connectivity index (χ1v) is 7.30. The molecule has 0 aliphatic rings. The van der Waals surface area contributed by atoms with Crippen molar-refractivity contribution in [2.75, 3.05) is 18.7 Å². The van der Waals surface area contributed by atoms with Crippen molar-refractivity contribution in [1.82, 2.24) is 10.4 Å². The molecule has 24 heavy (non-hydrogen) atoms. The number of nitriles is 1. The zero-order valence-corrected chi connectivity index (χ0v) is 13.7. The summed E-state index contributed by atoms with van der Waals surface area (Å²) in [5.74, 6) is -0.446. The van der Waals surface area contributed by atoms with Crippen molar-refractivity contribution >= 4 is 34.4 Å². The van der Waals surface area contributed by atoms with E-state index in [2.05, 4.69) is 10.4 Å². The number of ether oxygens (including phenoxy) is 1. The van der Waals surface area contributed by atoms with Crippen LogP contribution in [-0.2, 0) is 9.53 Å². The normalized spacial score (nSPS) is 11.0. The Kier molecular flexibility index (Phi) is 5.39. The van der Waals surface area contributed by atoms with Crippen LogP contribution in [0.15, 0.2) is 36.2 Å². The molecule has 0 aliphatic heterocycles. The van der Waals surface area contributed by atoms with E-state index in [0.717, 1.165) is 0 Å². The molecule has 2 rings (SSSR count). The maximum Gasteiger partial charge on any atom is 0.350 e. The Balaban J connectivity index is 2.25. The second-order valence-electron chi connectivity index (χ2n) is 4.64. The van der Waals surface area contributed by atoms with E-state index in [-0.39, 0.29) is 18.0 Å². The van der Waals surface area contributed by atoms with Gasteiger partial charge in [0.1, 0.15) is 11.6 Å². The van der Waals surface area contributed by atoms with Gasteiger partial charge >= 0.3 is 5.97 Å². The van der Waals surface area contributed by atoms with E-state index in [4.69, 9.17) is 21.6 Å². The number of fused-ring (bicyclic) bond motifs is 1. The molecule has 0 saturated carbocycles. The van der Waals surface area contributed by atoms with Gasteiger partial charge in [-0.3, -0.25) is 5.01 Å². The fourth-order valence-corrected chi connectivity index (χ4v) is 2.00. The van der Waals surface area contributed by atoms with E-state index >= 15 is 0 Å². The van der Waals surface area contributed by atoms with E-state index in [0.29, 0.717) is 20.8 Å². The topological polar surface area (TPSA) is 105 Å². The van der Waals surface area contributed by atoms with Gasteiger partial charge in [-0.25, -0.2) is 9.78 Å². The molecule has 0 fully saturated rings. The summed E-state index contributed by atoms with van der Waals surface area (Å²) in [7, 11) is 1.58. The number of nitrogens with zero attached hydrogens (tertiary/aromatic N) is 4. The number of anilines is 1. The molecule has 8 nitrogen and oxygen atoms in total. The molecule has 1 aromatic heterocycles. The minimum Gasteiger partial charge on any atom is -0.618 e. The van der Waals surface area contributed by atoms with Crippen LogP contribution in [0.1, 0.15) is 6.92 Å². The third-order valence-corrected chi connectivity index (χ3v) is 3.24. The number of hydrogen-bond acceptors (Lipinski definition) is 7. The van der Waals surface area contributed by atoms with Crippen molar-refractivity contribution in [1.29, 1.82) is 5.26 Å². The molecule has 0 unspecified atom stereocenters. The number of nitrogens with one attached hydrogen (secondary N) is 1. The first-order chi connectivity index (χ1) is 11.5. The minimum atomic E-state index is -0.735. The number of hydrazine groups is 1. The van der Waals surface area contributed by atoms with Crippen LogP contribution in [0.2, 0.25) is 5.02 Å². The minimum absolute atomic E-state index is 0.165. The molecule has 1 aromatic carbocycles. The summed E-state index contributed by atoms with van der Waals surface area (Å²) in [6, 6.07) is 6.50. The van der Waals surface area contributed by atoms with Gasteiger partial charge in [0.15, 0.2) is 5.57 Å². The highest BCUT2D eigenvalue weighted by molar-refractivity contribution is 6.31. The summed E-state index contributed by atoms with van der Waals surface area (Å²) in [6.45, 7) is 1.81. The summed E-state index contributed by atoms with van der Waals surface area (Å²) in [6.07, 6.45) is 2.43. The Morgan fingerprint density at radius 1 is 1.62 bits per heavy atom. The molecule has 9 heteroatoms. The van der Waals surface area contributed by atoms with E-state index in [1.807, 2.05) is 0 Å². The Hall–Kier alpha value is -3.05. The first kappa shape index (κ1) is 17.3. The van der Waals surface area contributed by atoms with Crippen molar-refractivity contribution in [2.45, 2.75) is 6.92 Å². The van der Waals surface area contributed by atoms with Crippen LogP contribution < -0.4 is 15.2 Å². The fraction of sp³-hybridized carbons (Fsp3) is 0.200. The Morgan fingerprint density at radius 2 is 2.38 bits per heavy atom. The molecular weight excluding hydrogens is 334 g/mol. The van der Waals surface area contributed by atoms with E-state index in [9.17, 15) is 10.0 Å². The maximum atomic E-state index is 12.1. The molecule has 1 heterocycles. The molecule has 0 amide bonds. The fourth-order valence-electron chi connectivity index (χ4n) is 1.83. The highest BCUT2D eigenvalue weighted by Gasteiger charge is 2.14. The highest BCUT2D eigenvalue weighted by atomic mass is 35.5. The average Bonchev–Trinajstić information content (AvgIpc) is 2.56. The molecule has 0 spiro atoms. The van der Waals surface area contributed by atoms with Crippen LogP contribution in [0.5, 0.6) is 0 Å². The molecule has 2 aromatic rings. The Labute approximate surface area is 143 Å². The van der Waals surface area contributed by atoms with Crippen molar-refractivity contribution in [3.8, 4) is 6.07 Å². The largest absolute Gasteiger partial charge is 0.618 e. The zero-order valence-electron chi connectivity index (χ0n) is 13.0. The van der Waals surface area contributed by atoms with Gasteiger partial charge in [0.25, 0.3) is 0 Å². The summed E-state index contributed by atoms with van der Waals surface area (Å²) >= 11 is 5.86. The van der Waals surface area contributed by atoms with Gasteiger partial charge in [-0.15, -0.1) is 0 Å². The zero-order chi connectivity index (χ0) is 17.7. The van der Waals surface area contributed by atoms with E-state index < -0.39 is 5.97 Å². The predicted molar refractivity (Wildman–Crippen MR) is 87.6 cm³/mol. The number of benzene rings is 1. The molecular formula is C15H14ClN5O3. The van der Waals surface area contributed by atoms with Crippen LogP contribution in [0, 0.1) is 16.5 Å². The molecule has 1 N–H and O–H groups in total. The van der Waals surface area contributed by atoms with Crippen LogP contribution in [0.3, 0.4) is 0 Å². The second-order valence-corrected chi connectivity index (χ2v) is 5.07. The molecule has 0 radical (unpaired) electrons. The maximum absolute atomic E-state index is 12.1. The van der Waals surface area contributed by atoms with Crippen LogP contribution >= 0.6 is 11.6 Å². The monoisotopic (exact) mass is 347 g/mol. The van der Waals surface area contributed by atoms with Crippen LogP contribution in [0.4, 0.5) is 5.82 Å². The number of halogens is 1. The lowest BCUT2D eigenvalue weighted by Crippen LogP contribution is -2.35. The average molecular weight is 348 g/mol. The molecule has 124 valence electrons.